The lowest BCUT2D eigenvalue weighted by Crippen LogP contribution is -2.41. The second-order valence-corrected chi connectivity index (χ2v) is 4.99. The van der Waals surface area contributed by atoms with Gasteiger partial charge in [0.05, 0.1) is 0 Å². The van der Waals surface area contributed by atoms with Gasteiger partial charge in [-0.25, -0.2) is 4.98 Å². The summed E-state index contributed by atoms with van der Waals surface area (Å²) in [5.74, 6) is 0.946. The average molecular weight is 234 g/mol. The van der Waals surface area contributed by atoms with E-state index in [9.17, 15) is 0 Å². The van der Waals surface area contributed by atoms with Crippen LogP contribution in [-0.4, -0.2) is 23.4 Å². The minimum absolute atomic E-state index is 0.0366. The highest BCUT2D eigenvalue weighted by Crippen LogP contribution is 2.24. The molecule has 0 atom stereocenters. The van der Waals surface area contributed by atoms with Crippen LogP contribution in [0.25, 0.3) is 0 Å². The van der Waals surface area contributed by atoms with E-state index < -0.39 is 0 Å². The minimum atomic E-state index is 0.0366. The van der Waals surface area contributed by atoms with Gasteiger partial charge in [-0.05, 0) is 39.3 Å². The zero-order valence-electron chi connectivity index (χ0n) is 11.3. The summed E-state index contributed by atoms with van der Waals surface area (Å²) in [5, 5.41) is 7.50. The first-order valence-electron chi connectivity index (χ1n) is 5.85. The Balaban J connectivity index is 3.18. The van der Waals surface area contributed by atoms with Crippen LogP contribution >= 0.6 is 0 Å². The van der Waals surface area contributed by atoms with Gasteiger partial charge in [0.2, 0.25) is 0 Å². The van der Waals surface area contributed by atoms with Gasteiger partial charge >= 0.3 is 0 Å². The van der Waals surface area contributed by atoms with Gasteiger partial charge in [0.15, 0.2) is 0 Å². The van der Waals surface area contributed by atoms with Crippen LogP contribution in [0.3, 0.4) is 0 Å². The number of rotatable bonds is 4. The summed E-state index contributed by atoms with van der Waals surface area (Å²) < 4.78 is 0. The maximum atomic E-state index is 7.50. The van der Waals surface area contributed by atoms with Gasteiger partial charge in [-0.2, -0.15) is 0 Å². The molecule has 1 aromatic rings. The quantitative estimate of drug-likeness (QED) is 0.620. The second-order valence-electron chi connectivity index (χ2n) is 4.99. The number of nitrogens with one attached hydrogen (secondary N) is 1. The Bertz CT molecular complexity index is 423. The summed E-state index contributed by atoms with van der Waals surface area (Å²) >= 11 is 0. The van der Waals surface area contributed by atoms with Crippen LogP contribution in [0, 0.1) is 12.3 Å². The maximum Gasteiger partial charge on any atom is 0.129 e. The van der Waals surface area contributed by atoms with E-state index in [0.29, 0.717) is 0 Å². The van der Waals surface area contributed by atoms with Gasteiger partial charge < -0.3 is 10.6 Å². The predicted octanol–water partition coefficient (Wildman–Crippen LogP) is 2.30. The number of aromatic nitrogens is 1. The number of amidine groups is 1. The molecule has 0 aliphatic heterocycles. The second kappa shape index (κ2) is 4.73. The standard InChI is InChI=1S/C13H22N4/c1-6-13(3,4)17(5)11-8-10(12(14)15)7-9(2)16-11/h7-8H,6H2,1-5H3,(H3,14,15). The largest absolute Gasteiger partial charge is 0.384 e. The number of nitrogen functional groups attached to an aromatic ring is 1. The van der Waals surface area contributed by atoms with Crippen molar-refractivity contribution < 1.29 is 0 Å². The molecule has 1 rings (SSSR count). The summed E-state index contributed by atoms with van der Waals surface area (Å²) in [6.07, 6.45) is 1.02. The lowest BCUT2D eigenvalue weighted by molar-refractivity contribution is 0.467. The number of pyridine rings is 1. The molecule has 3 N–H and O–H groups in total. The third kappa shape index (κ3) is 2.96. The van der Waals surface area contributed by atoms with E-state index in [-0.39, 0.29) is 11.4 Å². The van der Waals surface area contributed by atoms with E-state index in [0.717, 1.165) is 23.5 Å². The molecule has 17 heavy (non-hydrogen) atoms. The third-order valence-electron chi connectivity index (χ3n) is 3.37. The van der Waals surface area contributed by atoms with Crippen molar-refractivity contribution in [2.75, 3.05) is 11.9 Å². The fourth-order valence-electron chi connectivity index (χ4n) is 1.53. The van der Waals surface area contributed by atoms with Gasteiger partial charge in [-0.3, -0.25) is 5.41 Å². The minimum Gasteiger partial charge on any atom is -0.384 e. The molecular formula is C13H22N4. The molecule has 0 spiro atoms. The molecule has 0 saturated carbocycles. The Labute approximate surface area is 103 Å². The van der Waals surface area contributed by atoms with Crippen molar-refractivity contribution in [2.24, 2.45) is 5.73 Å². The fourth-order valence-corrected chi connectivity index (χ4v) is 1.53. The lowest BCUT2D eigenvalue weighted by Gasteiger charge is -2.36. The Morgan fingerprint density at radius 2 is 2.06 bits per heavy atom. The molecule has 1 aromatic heterocycles. The number of nitrogens with zero attached hydrogens (tertiary/aromatic N) is 2. The number of hydrogen-bond acceptors (Lipinski definition) is 3. The molecule has 0 fully saturated rings. The Hall–Kier alpha value is -1.58. The number of aryl methyl sites for hydroxylation is 1. The number of nitrogens with two attached hydrogens (primary N) is 1. The van der Waals surface area contributed by atoms with Crippen LogP contribution in [-0.2, 0) is 0 Å². The highest BCUT2D eigenvalue weighted by Gasteiger charge is 2.22. The molecule has 0 bridgehead atoms. The van der Waals surface area contributed by atoms with Crippen molar-refractivity contribution in [3.05, 3.63) is 23.4 Å². The van der Waals surface area contributed by atoms with E-state index in [1.807, 2.05) is 26.1 Å². The molecule has 0 aliphatic rings. The van der Waals surface area contributed by atoms with Crippen molar-refractivity contribution in [2.45, 2.75) is 39.7 Å². The van der Waals surface area contributed by atoms with Gasteiger partial charge in [0.1, 0.15) is 11.7 Å². The molecule has 0 aliphatic carbocycles. The molecule has 0 aromatic carbocycles. The van der Waals surface area contributed by atoms with Gasteiger partial charge in [-0.1, -0.05) is 6.92 Å². The lowest BCUT2D eigenvalue weighted by atomic mass is 10.00. The number of anilines is 1. The molecule has 4 heteroatoms. The van der Waals surface area contributed by atoms with Crippen LogP contribution in [0.2, 0.25) is 0 Å². The Kier molecular flexibility index (Phi) is 3.76. The van der Waals surface area contributed by atoms with Crippen molar-refractivity contribution in [1.29, 1.82) is 5.41 Å². The first-order chi connectivity index (χ1) is 7.77. The smallest absolute Gasteiger partial charge is 0.129 e. The zero-order chi connectivity index (χ0) is 13.2. The predicted molar refractivity (Wildman–Crippen MR) is 72.8 cm³/mol. The van der Waals surface area contributed by atoms with Gasteiger partial charge in [-0.15, -0.1) is 0 Å². The summed E-state index contributed by atoms with van der Waals surface area (Å²) in [7, 11) is 2.02. The molecule has 0 amide bonds. The van der Waals surface area contributed by atoms with E-state index in [1.54, 1.807) is 0 Å². The molecule has 1 heterocycles. The summed E-state index contributed by atoms with van der Waals surface area (Å²) in [5.41, 5.74) is 7.18. The average Bonchev–Trinajstić information content (AvgIpc) is 2.27. The molecule has 0 radical (unpaired) electrons. The Morgan fingerprint density at radius 1 is 1.47 bits per heavy atom. The van der Waals surface area contributed by atoms with Crippen LogP contribution in [0.5, 0.6) is 0 Å². The van der Waals surface area contributed by atoms with Crippen molar-refractivity contribution in [1.82, 2.24) is 4.98 Å². The molecule has 0 unspecified atom stereocenters. The molecular weight excluding hydrogens is 212 g/mol. The molecule has 4 nitrogen and oxygen atoms in total. The van der Waals surface area contributed by atoms with E-state index >= 15 is 0 Å². The van der Waals surface area contributed by atoms with Crippen molar-refractivity contribution >= 4 is 11.7 Å². The highest BCUT2D eigenvalue weighted by molar-refractivity contribution is 5.95. The normalized spacial score (nSPS) is 11.4. The fraction of sp³-hybridized carbons (Fsp3) is 0.538. The van der Waals surface area contributed by atoms with Gasteiger partial charge in [0.25, 0.3) is 0 Å². The Morgan fingerprint density at radius 3 is 2.53 bits per heavy atom. The van der Waals surface area contributed by atoms with E-state index in [2.05, 4.69) is 30.7 Å². The van der Waals surface area contributed by atoms with Gasteiger partial charge in [0, 0.05) is 23.8 Å². The third-order valence-corrected chi connectivity index (χ3v) is 3.37. The monoisotopic (exact) mass is 234 g/mol. The maximum absolute atomic E-state index is 7.50. The summed E-state index contributed by atoms with van der Waals surface area (Å²) in [6.45, 7) is 8.41. The van der Waals surface area contributed by atoms with Crippen molar-refractivity contribution in [3.63, 3.8) is 0 Å². The van der Waals surface area contributed by atoms with E-state index in [4.69, 9.17) is 11.1 Å². The van der Waals surface area contributed by atoms with Crippen LogP contribution < -0.4 is 10.6 Å². The SMILES string of the molecule is CCC(C)(C)N(C)c1cc(C(=N)N)cc(C)n1. The summed E-state index contributed by atoms with van der Waals surface area (Å²) in [4.78, 5) is 6.64. The first kappa shape index (κ1) is 13.5. The van der Waals surface area contributed by atoms with Crippen LogP contribution in [0.1, 0.15) is 38.4 Å². The topological polar surface area (TPSA) is 66.0 Å². The van der Waals surface area contributed by atoms with Crippen LogP contribution in [0.15, 0.2) is 12.1 Å². The summed E-state index contributed by atoms with van der Waals surface area (Å²) in [6, 6.07) is 3.70. The van der Waals surface area contributed by atoms with Crippen LogP contribution in [0.4, 0.5) is 5.82 Å². The molecule has 0 saturated heterocycles. The van der Waals surface area contributed by atoms with Crippen molar-refractivity contribution in [3.8, 4) is 0 Å². The highest BCUT2D eigenvalue weighted by atomic mass is 15.2. The van der Waals surface area contributed by atoms with E-state index in [1.165, 1.54) is 0 Å². The first-order valence-corrected chi connectivity index (χ1v) is 5.85. The zero-order valence-corrected chi connectivity index (χ0v) is 11.3. The molecule has 94 valence electrons. The number of hydrogen-bond donors (Lipinski definition) is 2.